The second-order valence-electron chi connectivity index (χ2n) is 5.54. The van der Waals surface area contributed by atoms with Crippen molar-refractivity contribution in [1.82, 2.24) is 5.43 Å². The number of phenols is 1. The standard InChI is InChI=1S/C19H22N2O4/c1-4-24-16-8-5-14(6-9-16)19(23)21-20-12-15-7-10-17(11-18(15)22)25-13(2)3/h5-13,22H,4H2,1-3H3,(H,21,23)/b20-12-. The molecule has 0 saturated carbocycles. The summed E-state index contributed by atoms with van der Waals surface area (Å²) >= 11 is 0. The predicted octanol–water partition coefficient (Wildman–Crippen LogP) is 3.34. The summed E-state index contributed by atoms with van der Waals surface area (Å²) in [5.41, 5.74) is 3.36. The predicted molar refractivity (Wildman–Crippen MR) is 96.5 cm³/mol. The first-order valence-corrected chi connectivity index (χ1v) is 8.05. The van der Waals surface area contributed by atoms with Gasteiger partial charge in [0.1, 0.15) is 17.2 Å². The van der Waals surface area contributed by atoms with E-state index >= 15 is 0 Å². The molecular formula is C19H22N2O4. The Kier molecular flexibility index (Phi) is 6.39. The van der Waals surface area contributed by atoms with Crippen LogP contribution in [0.25, 0.3) is 0 Å². The minimum absolute atomic E-state index is 0.0207. The van der Waals surface area contributed by atoms with Gasteiger partial charge in [0.2, 0.25) is 0 Å². The van der Waals surface area contributed by atoms with Gasteiger partial charge in [0.15, 0.2) is 0 Å². The molecule has 132 valence electrons. The zero-order valence-electron chi connectivity index (χ0n) is 14.5. The van der Waals surface area contributed by atoms with E-state index in [0.717, 1.165) is 0 Å². The Balaban J connectivity index is 1.96. The van der Waals surface area contributed by atoms with Crippen molar-refractivity contribution >= 4 is 12.1 Å². The van der Waals surface area contributed by atoms with Crippen LogP contribution in [-0.4, -0.2) is 29.9 Å². The summed E-state index contributed by atoms with van der Waals surface area (Å²) < 4.78 is 10.8. The third-order valence-corrected chi connectivity index (χ3v) is 3.17. The van der Waals surface area contributed by atoms with Gasteiger partial charge in [-0.05, 0) is 57.2 Å². The smallest absolute Gasteiger partial charge is 0.271 e. The zero-order valence-corrected chi connectivity index (χ0v) is 14.5. The maximum atomic E-state index is 12.0. The Morgan fingerprint density at radius 1 is 1.20 bits per heavy atom. The second kappa shape index (κ2) is 8.73. The van der Waals surface area contributed by atoms with Gasteiger partial charge in [0.05, 0.1) is 18.9 Å². The fourth-order valence-corrected chi connectivity index (χ4v) is 2.07. The molecule has 0 aromatic heterocycles. The highest BCUT2D eigenvalue weighted by molar-refractivity contribution is 5.95. The number of rotatable bonds is 7. The summed E-state index contributed by atoms with van der Waals surface area (Å²) in [4.78, 5) is 12.0. The van der Waals surface area contributed by atoms with E-state index in [1.54, 1.807) is 36.4 Å². The summed E-state index contributed by atoms with van der Waals surface area (Å²) in [7, 11) is 0. The van der Waals surface area contributed by atoms with Crippen molar-refractivity contribution in [3.05, 3.63) is 53.6 Å². The first kappa shape index (κ1) is 18.3. The molecule has 2 aromatic rings. The fraction of sp³-hybridized carbons (Fsp3) is 0.263. The molecule has 0 bridgehead atoms. The van der Waals surface area contributed by atoms with Crippen LogP contribution >= 0.6 is 0 Å². The average Bonchev–Trinajstić information content (AvgIpc) is 2.57. The molecule has 6 nitrogen and oxygen atoms in total. The van der Waals surface area contributed by atoms with E-state index in [4.69, 9.17) is 9.47 Å². The van der Waals surface area contributed by atoms with Crippen molar-refractivity contribution in [2.75, 3.05) is 6.61 Å². The summed E-state index contributed by atoms with van der Waals surface area (Å²) in [5, 5.41) is 13.8. The molecule has 2 aromatic carbocycles. The van der Waals surface area contributed by atoms with Crippen LogP contribution in [0.2, 0.25) is 0 Å². The average molecular weight is 342 g/mol. The van der Waals surface area contributed by atoms with Crippen molar-refractivity contribution < 1.29 is 19.4 Å². The van der Waals surface area contributed by atoms with Gasteiger partial charge in [0.25, 0.3) is 5.91 Å². The lowest BCUT2D eigenvalue weighted by Crippen LogP contribution is -2.17. The van der Waals surface area contributed by atoms with Crippen LogP contribution in [-0.2, 0) is 0 Å². The number of hydrazone groups is 1. The number of hydrogen-bond donors (Lipinski definition) is 2. The van der Waals surface area contributed by atoms with Crippen molar-refractivity contribution in [2.45, 2.75) is 26.9 Å². The minimum atomic E-state index is -0.349. The van der Waals surface area contributed by atoms with Gasteiger partial charge >= 0.3 is 0 Å². The number of aromatic hydroxyl groups is 1. The van der Waals surface area contributed by atoms with Crippen molar-refractivity contribution in [3.63, 3.8) is 0 Å². The summed E-state index contributed by atoms with van der Waals surface area (Å²) in [6.07, 6.45) is 1.40. The molecule has 0 aliphatic carbocycles. The minimum Gasteiger partial charge on any atom is -0.507 e. The first-order chi connectivity index (χ1) is 12.0. The molecule has 0 heterocycles. The normalized spacial score (nSPS) is 10.9. The van der Waals surface area contributed by atoms with Crippen molar-refractivity contribution in [1.29, 1.82) is 0 Å². The molecule has 0 aliphatic heterocycles. The van der Waals surface area contributed by atoms with Gasteiger partial charge in [-0.15, -0.1) is 0 Å². The molecule has 0 fully saturated rings. The maximum absolute atomic E-state index is 12.0. The zero-order chi connectivity index (χ0) is 18.2. The van der Waals surface area contributed by atoms with Crippen LogP contribution in [0, 0.1) is 0 Å². The van der Waals surface area contributed by atoms with Crippen LogP contribution < -0.4 is 14.9 Å². The number of ether oxygens (including phenoxy) is 2. The molecule has 2 N–H and O–H groups in total. The van der Waals surface area contributed by atoms with E-state index < -0.39 is 0 Å². The highest BCUT2D eigenvalue weighted by Crippen LogP contribution is 2.23. The Bertz CT molecular complexity index is 740. The molecule has 0 saturated heterocycles. The van der Waals surface area contributed by atoms with Crippen molar-refractivity contribution in [2.24, 2.45) is 5.10 Å². The number of nitrogens with zero attached hydrogens (tertiary/aromatic N) is 1. The highest BCUT2D eigenvalue weighted by atomic mass is 16.5. The lowest BCUT2D eigenvalue weighted by Gasteiger charge is -2.10. The van der Waals surface area contributed by atoms with E-state index in [-0.39, 0.29) is 17.8 Å². The van der Waals surface area contributed by atoms with E-state index in [1.165, 1.54) is 12.3 Å². The molecule has 0 spiro atoms. The Hall–Kier alpha value is -3.02. The van der Waals surface area contributed by atoms with E-state index in [0.29, 0.717) is 29.2 Å². The number of benzene rings is 2. The lowest BCUT2D eigenvalue weighted by atomic mass is 10.2. The van der Waals surface area contributed by atoms with Crippen LogP contribution in [0.1, 0.15) is 36.7 Å². The molecule has 6 heteroatoms. The highest BCUT2D eigenvalue weighted by Gasteiger charge is 2.06. The Morgan fingerprint density at radius 2 is 1.88 bits per heavy atom. The lowest BCUT2D eigenvalue weighted by molar-refractivity contribution is 0.0955. The maximum Gasteiger partial charge on any atom is 0.271 e. The Labute approximate surface area is 147 Å². The number of hydrogen-bond acceptors (Lipinski definition) is 5. The molecule has 0 unspecified atom stereocenters. The van der Waals surface area contributed by atoms with Gasteiger partial charge in [-0.3, -0.25) is 4.79 Å². The number of phenolic OH excluding ortho intramolecular Hbond substituents is 1. The van der Waals surface area contributed by atoms with Crippen LogP contribution in [0.5, 0.6) is 17.2 Å². The molecule has 0 aliphatic rings. The SMILES string of the molecule is CCOc1ccc(C(=O)N/N=C\c2ccc(OC(C)C)cc2O)cc1. The van der Waals surface area contributed by atoms with Crippen molar-refractivity contribution in [3.8, 4) is 17.2 Å². The monoisotopic (exact) mass is 342 g/mol. The van der Waals surface area contributed by atoms with Crippen LogP contribution in [0.15, 0.2) is 47.6 Å². The number of carbonyl (C=O) groups is 1. The summed E-state index contributed by atoms with van der Waals surface area (Å²) in [6, 6.07) is 11.7. The molecule has 0 radical (unpaired) electrons. The number of nitrogens with one attached hydrogen (secondary N) is 1. The van der Waals surface area contributed by atoms with E-state index in [1.807, 2.05) is 20.8 Å². The number of carbonyl (C=O) groups excluding carboxylic acids is 1. The van der Waals surface area contributed by atoms with Crippen LogP contribution in [0.4, 0.5) is 0 Å². The van der Waals surface area contributed by atoms with E-state index in [9.17, 15) is 9.90 Å². The topological polar surface area (TPSA) is 80.2 Å². The third-order valence-electron chi connectivity index (χ3n) is 3.17. The quantitative estimate of drug-likeness (QED) is 0.597. The molecule has 1 amide bonds. The van der Waals surface area contributed by atoms with Gasteiger partial charge < -0.3 is 14.6 Å². The Morgan fingerprint density at radius 3 is 2.48 bits per heavy atom. The van der Waals surface area contributed by atoms with Gasteiger partial charge in [-0.1, -0.05) is 0 Å². The van der Waals surface area contributed by atoms with Gasteiger partial charge in [-0.2, -0.15) is 5.10 Å². The van der Waals surface area contributed by atoms with E-state index in [2.05, 4.69) is 10.5 Å². The largest absolute Gasteiger partial charge is 0.507 e. The van der Waals surface area contributed by atoms with Crippen LogP contribution in [0.3, 0.4) is 0 Å². The first-order valence-electron chi connectivity index (χ1n) is 8.05. The third kappa shape index (κ3) is 5.53. The summed E-state index contributed by atoms with van der Waals surface area (Å²) in [6.45, 7) is 6.28. The second-order valence-corrected chi connectivity index (χ2v) is 5.54. The molecule has 25 heavy (non-hydrogen) atoms. The molecule has 2 rings (SSSR count). The molecular weight excluding hydrogens is 320 g/mol. The van der Waals surface area contributed by atoms with Gasteiger partial charge in [-0.25, -0.2) is 5.43 Å². The fourth-order valence-electron chi connectivity index (χ4n) is 2.07. The van der Waals surface area contributed by atoms with Gasteiger partial charge in [0, 0.05) is 17.2 Å². The number of amides is 1. The molecule has 0 atom stereocenters. The summed E-state index contributed by atoms with van der Waals surface area (Å²) in [5.74, 6) is 0.954.